The molecule has 0 atom stereocenters. The van der Waals surface area contributed by atoms with Gasteiger partial charge in [-0.2, -0.15) is 0 Å². The van der Waals surface area contributed by atoms with E-state index in [-0.39, 0.29) is 0 Å². The molecule has 0 spiro atoms. The Hall–Kier alpha value is -2.03. The van der Waals surface area contributed by atoms with E-state index in [9.17, 15) is 0 Å². The first-order valence-electron chi connectivity index (χ1n) is 6.47. The summed E-state index contributed by atoms with van der Waals surface area (Å²) in [5, 5.41) is 3.30. The first-order valence-corrected chi connectivity index (χ1v) is 6.47. The number of aromatic nitrogens is 1. The van der Waals surface area contributed by atoms with Crippen molar-refractivity contribution in [1.82, 2.24) is 4.98 Å². The van der Waals surface area contributed by atoms with Crippen LogP contribution in [0.15, 0.2) is 36.5 Å². The predicted molar refractivity (Wildman–Crippen MR) is 79.3 cm³/mol. The SMILES string of the molecule is COc1ccc(Nc2cc(C)c(C(C)C)cn2)cc1. The molecule has 1 aromatic carbocycles. The molecule has 2 rings (SSSR count). The molecule has 1 aromatic heterocycles. The zero-order chi connectivity index (χ0) is 13.8. The Morgan fingerprint density at radius 2 is 1.84 bits per heavy atom. The van der Waals surface area contributed by atoms with E-state index >= 15 is 0 Å². The Bertz CT molecular complexity index is 547. The van der Waals surface area contributed by atoms with E-state index in [4.69, 9.17) is 4.74 Å². The molecule has 0 amide bonds. The highest BCUT2D eigenvalue weighted by Crippen LogP contribution is 2.23. The maximum Gasteiger partial charge on any atom is 0.130 e. The van der Waals surface area contributed by atoms with Gasteiger partial charge < -0.3 is 10.1 Å². The van der Waals surface area contributed by atoms with Crippen molar-refractivity contribution in [2.45, 2.75) is 26.7 Å². The van der Waals surface area contributed by atoms with E-state index in [0.717, 1.165) is 17.3 Å². The molecule has 0 radical (unpaired) electrons. The molecule has 0 aliphatic carbocycles. The molecule has 1 heterocycles. The molecule has 19 heavy (non-hydrogen) atoms. The average molecular weight is 256 g/mol. The molecule has 0 aliphatic heterocycles. The zero-order valence-electron chi connectivity index (χ0n) is 11.9. The molecule has 2 aromatic rings. The largest absolute Gasteiger partial charge is 0.497 e. The predicted octanol–water partition coefficient (Wildman–Crippen LogP) is 4.27. The second-order valence-electron chi connectivity index (χ2n) is 4.93. The maximum absolute atomic E-state index is 5.14. The molecule has 100 valence electrons. The summed E-state index contributed by atoms with van der Waals surface area (Å²) in [6.07, 6.45) is 1.95. The molecule has 1 N–H and O–H groups in total. The quantitative estimate of drug-likeness (QED) is 0.887. The number of pyridine rings is 1. The Morgan fingerprint density at radius 3 is 2.37 bits per heavy atom. The lowest BCUT2D eigenvalue weighted by Gasteiger charge is -2.12. The van der Waals surface area contributed by atoms with Crippen molar-refractivity contribution in [2.75, 3.05) is 12.4 Å². The van der Waals surface area contributed by atoms with E-state index in [1.54, 1.807) is 7.11 Å². The third kappa shape index (κ3) is 3.25. The number of nitrogens with zero attached hydrogens (tertiary/aromatic N) is 1. The van der Waals surface area contributed by atoms with Crippen LogP contribution in [0.25, 0.3) is 0 Å². The fourth-order valence-corrected chi connectivity index (χ4v) is 2.06. The molecular formula is C16H20N2O. The van der Waals surface area contributed by atoms with Crippen LogP contribution in [0.5, 0.6) is 5.75 Å². The Morgan fingerprint density at radius 1 is 1.16 bits per heavy atom. The van der Waals surface area contributed by atoms with Crippen LogP contribution in [0.1, 0.15) is 30.9 Å². The minimum absolute atomic E-state index is 0.502. The monoisotopic (exact) mass is 256 g/mol. The van der Waals surface area contributed by atoms with E-state index in [2.05, 4.69) is 37.1 Å². The van der Waals surface area contributed by atoms with Crippen molar-refractivity contribution < 1.29 is 4.74 Å². The van der Waals surface area contributed by atoms with E-state index in [1.165, 1.54) is 11.1 Å². The van der Waals surface area contributed by atoms with Gasteiger partial charge in [0.15, 0.2) is 0 Å². The van der Waals surface area contributed by atoms with Crippen LogP contribution < -0.4 is 10.1 Å². The molecular weight excluding hydrogens is 236 g/mol. The number of hydrogen-bond acceptors (Lipinski definition) is 3. The van der Waals surface area contributed by atoms with Gasteiger partial charge in [0, 0.05) is 11.9 Å². The number of methoxy groups -OCH3 is 1. The number of rotatable bonds is 4. The fourth-order valence-electron chi connectivity index (χ4n) is 2.06. The summed E-state index contributed by atoms with van der Waals surface area (Å²) in [6.45, 7) is 6.48. The summed E-state index contributed by atoms with van der Waals surface area (Å²) < 4.78 is 5.14. The molecule has 3 heteroatoms. The second kappa shape index (κ2) is 5.74. The third-order valence-electron chi connectivity index (χ3n) is 3.14. The van der Waals surface area contributed by atoms with Crippen molar-refractivity contribution in [3.63, 3.8) is 0 Å². The fraction of sp³-hybridized carbons (Fsp3) is 0.312. The first-order chi connectivity index (χ1) is 9.10. The van der Waals surface area contributed by atoms with E-state index in [1.807, 2.05) is 30.5 Å². The van der Waals surface area contributed by atoms with Crippen LogP contribution in [0.2, 0.25) is 0 Å². The van der Waals surface area contributed by atoms with E-state index in [0.29, 0.717) is 5.92 Å². The molecule has 0 bridgehead atoms. The zero-order valence-corrected chi connectivity index (χ0v) is 11.9. The summed E-state index contributed by atoms with van der Waals surface area (Å²) in [4.78, 5) is 4.46. The van der Waals surface area contributed by atoms with Gasteiger partial charge in [-0.1, -0.05) is 13.8 Å². The van der Waals surface area contributed by atoms with Crippen molar-refractivity contribution >= 4 is 11.5 Å². The van der Waals surface area contributed by atoms with Gasteiger partial charge in [0.2, 0.25) is 0 Å². The lowest BCUT2D eigenvalue weighted by atomic mass is 10.0. The normalized spacial score (nSPS) is 10.6. The van der Waals surface area contributed by atoms with Crippen LogP contribution in [0, 0.1) is 6.92 Å². The number of anilines is 2. The van der Waals surface area contributed by atoms with Crippen LogP contribution in [0.3, 0.4) is 0 Å². The van der Waals surface area contributed by atoms with Crippen LogP contribution >= 0.6 is 0 Å². The molecule has 0 fully saturated rings. The number of nitrogens with one attached hydrogen (secondary N) is 1. The summed E-state index contributed by atoms with van der Waals surface area (Å²) in [5.74, 6) is 2.22. The van der Waals surface area contributed by atoms with Gasteiger partial charge in [-0.3, -0.25) is 0 Å². The van der Waals surface area contributed by atoms with Crippen molar-refractivity contribution in [2.24, 2.45) is 0 Å². The maximum atomic E-state index is 5.14. The summed E-state index contributed by atoms with van der Waals surface area (Å²) in [6, 6.07) is 9.90. The van der Waals surface area contributed by atoms with Gasteiger partial charge in [0.25, 0.3) is 0 Å². The molecule has 3 nitrogen and oxygen atoms in total. The number of ether oxygens (including phenoxy) is 1. The van der Waals surface area contributed by atoms with Gasteiger partial charge in [-0.15, -0.1) is 0 Å². The summed E-state index contributed by atoms with van der Waals surface area (Å²) in [7, 11) is 1.66. The first kappa shape index (κ1) is 13.4. The average Bonchev–Trinajstić information content (AvgIpc) is 2.39. The van der Waals surface area contributed by atoms with Gasteiger partial charge >= 0.3 is 0 Å². The highest BCUT2D eigenvalue weighted by Gasteiger charge is 2.05. The summed E-state index contributed by atoms with van der Waals surface area (Å²) >= 11 is 0. The van der Waals surface area contributed by atoms with Crippen molar-refractivity contribution in [3.8, 4) is 5.75 Å². The lowest BCUT2D eigenvalue weighted by molar-refractivity contribution is 0.415. The highest BCUT2D eigenvalue weighted by molar-refractivity contribution is 5.58. The van der Waals surface area contributed by atoms with Crippen LogP contribution in [-0.2, 0) is 0 Å². The topological polar surface area (TPSA) is 34.1 Å². The minimum atomic E-state index is 0.502. The van der Waals surface area contributed by atoms with Gasteiger partial charge in [0.05, 0.1) is 7.11 Å². The van der Waals surface area contributed by atoms with E-state index < -0.39 is 0 Å². The van der Waals surface area contributed by atoms with Gasteiger partial charge in [-0.25, -0.2) is 4.98 Å². The Balaban J connectivity index is 2.16. The Kier molecular flexibility index (Phi) is 4.05. The van der Waals surface area contributed by atoms with Crippen molar-refractivity contribution in [1.29, 1.82) is 0 Å². The lowest BCUT2D eigenvalue weighted by Crippen LogP contribution is -1.98. The Labute approximate surface area is 114 Å². The number of aryl methyl sites for hydroxylation is 1. The molecule has 0 aliphatic rings. The van der Waals surface area contributed by atoms with Crippen molar-refractivity contribution in [3.05, 3.63) is 47.7 Å². The molecule has 0 unspecified atom stereocenters. The van der Waals surface area contributed by atoms with Crippen LogP contribution in [-0.4, -0.2) is 12.1 Å². The second-order valence-corrected chi connectivity index (χ2v) is 4.93. The molecule has 0 saturated carbocycles. The standard InChI is InChI=1S/C16H20N2O/c1-11(2)15-10-17-16(9-12(15)3)18-13-5-7-14(19-4)8-6-13/h5-11H,1-4H3,(H,17,18). The third-order valence-corrected chi connectivity index (χ3v) is 3.14. The number of benzene rings is 1. The molecule has 0 saturated heterocycles. The van der Waals surface area contributed by atoms with Gasteiger partial charge in [-0.05, 0) is 54.3 Å². The van der Waals surface area contributed by atoms with Crippen LogP contribution in [0.4, 0.5) is 11.5 Å². The summed E-state index contributed by atoms with van der Waals surface area (Å²) in [5.41, 5.74) is 3.56. The highest BCUT2D eigenvalue weighted by atomic mass is 16.5. The smallest absolute Gasteiger partial charge is 0.130 e. The van der Waals surface area contributed by atoms with Gasteiger partial charge in [0.1, 0.15) is 11.6 Å². The number of hydrogen-bond donors (Lipinski definition) is 1. The minimum Gasteiger partial charge on any atom is -0.497 e.